The molecule has 0 atom stereocenters. The Labute approximate surface area is 107 Å². The molecule has 0 spiro atoms. The Balaban J connectivity index is 2.05. The average molecular weight is 238 g/mol. The van der Waals surface area contributed by atoms with Gasteiger partial charge in [-0.1, -0.05) is 30.0 Å². The van der Waals surface area contributed by atoms with Gasteiger partial charge in [-0.2, -0.15) is 0 Å². The summed E-state index contributed by atoms with van der Waals surface area (Å²) in [4.78, 5) is 0. The third kappa shape index (κ3) is 3.65. The summed E-state index contributed by atoms with van der Waals surface area (Å²) < 4.78 is 10.1. The number of hydrogen-bond acceptors (Lipinski definition) is 2. The standard InChI is InChI=1S/C16H14O2/c1-17-13-18-16-11-9-15(10-12-16)8-7-14-5-3-2-4-6-14/h2-6,9-12H,13H2,1H3. The van der Waals surface area contributed by atoms with Crippen LogP contribution in [0.1, 0.15) is 11.1 Å². The highest BCUT2D eigenvalue weighted by atomic mass is 16.7. The van der Waals surface area contributed by atoms with E-state index in [0.717, 1.165) is 16.9 Å². The van der Waals surface area contributed by atoms with Crippen LogP contribution in [0.5, 0.6) is 5.75 Å². The fourth-order valence-corrected chi connectivity index (χ4v) is 1.43. The largest absolute Gasteiger partial charge is 0.468 e. The highest BCUT2D eigenvalue weighted by Gasteiger charge is 1.92. The Kier molecular flexibility index (Phi) is 4.40. The van der Waals surface area contributed by atoms with Crippen LogP contribution in [0.2, 0.25) is 0 Å². The summed E-state index contributed by atoms with van der Waals surface area (Å²) in [5.74, 6) is 7.00. The van der Waals surface area contributed by atoms with E-state index in [4.69, 9.17) is 9.47 Å². The molecule has 90 valence electrons. The first-order valence-electron chi connectivity index (χ1n) is 5.67. The van der Waals surface area contributed by atoms with Gasteiger partial charge in [-0.15, -0.1) is 0 Å². The maximum Gasteiger partial charge on any atom is 0.188 e. The molecule has 0 bridgehead atoms. The molecule has 0 radical (unpaired) electrons. The van der Waals surface area contributed by atoms with Crippen LogP contribution in [0.15, 0.2) is 54.6 Å². The molecule has 0 unspecified atom stereocenters. The van der Waals surface area contributed by atoms with Gasteiger partial charge in [-0.25, -0.2) is 0 Å². The fourth-order valence-electron chi connectivity index (χ4n) is 1.43. The molecule has 2 aromatic carbocycles. The third-order valence-corrected chi connectivity index (χ3v) is 2.32. The molecule has 18 heavy (non-hydrogen) atoms. The maximum atomic E-state index is 5.30. The van der Waals surface area contributed by atoms with Crippen LogP contribution in [-0.2, 0) is 4.74 Å². The van der Waals surface area contributed by atoms with Crippen molar-refractivity contribution in [3.05, 3.63) is 65.7 Å². The van der Waals surface area contributed by atoms with E-state index in [1.165, 1.54) is 0 Å². The Hall–Kier alpha value is -2.24. The van der Waals surface area contributed by atoms with Crippen molar-refractivity contribution in [2.75, 3.05) is 13.9 Å². The highest BCUT2D eigenvalue weighted by Crippen LogP contribution is 2.11. The first kappa shape index (κ1) is 12.2. The molecule has 0 aliphatic heterocycles. The lowest BCUT2D eigenvalue weighted by Crippen LogP contribution is -1.98. The Morgan fingerprint density at radius 3 is 2.06 bits per heavy atom. The van der Waals surface area contributed by atoms with Crippen LogP contribution in [0.25, 0.3) is 0 Å². The maximum absolute atomic E-state index is 5.30. The Morgan fingerprint density at radius 1 is 0.833 bits per heavy atom. The highest BCUT2D eigenvalue weighted by molar-refractivity contribution is 5.44. The minimum Gasteiger partial charge on any atom is -0.468 e. The molecule has 0 amide bonds. The molecule has 2 aromatic rings. The minimum absolute atomic E-state index is 0.259. The molecule has 0 saturated carbocycles. The van der Waals surface area contributed by atoms with Crippen molar-refractivity contribution < 1.29 is 9.47 Å². The second kappa shape index (κ2) is 6.48. The van der Waals surface area contributed by atoms with Gasteiger partial charge >= 0.3 is 0 Å². The number of hydrogen-bond donors (Lipinski definition) is 0. The van der Waals surface area contributed by atoms with E-state index in [1.54, 1.807) is 7.11 Å². The Morgan fingerprint density at radius 2 is 1.44 bits per heavy atom. The molecule has 0 aliphatic rings. The van der Waals surface area contributed by atoms with Crippen molar-refractivity contribution in [3.8, 4) is 17.6 Å². The second-order valence-corrected chi connectivity index (χ2v) is 3.69. The quantitative estimate of drug-likeness (QED) is 0.604. The van der Waals surface area contributed by atoms with E-state index >= 15 is 0 Å². The van der Waals surface area contributed by atoms with E-state index in [2.05, 4.69) is 11.8 Å². The summed E-state index contributed by atoms with van der Waals surface area (Å²) in [6, 6.07) is 17.5. The van der Waals surface area contributed by atoms with Crippen molar-refractivity contribution in [1.29, 1.82) is 0 Å². The number of rotatable bonds is 3. The molecule has 0 heterocycles. The van der Waals surface area contributed by atoms with Crippen molar-refractivity contribution >= 4 is 0 Å². The third-order valence-electron chi connectivity index (χ3n) is 2.32. The predicted molar refractivity (Wildman–Crippen MR) is 71.4 cm³/mol. The van der Waals surface area contributed by atoms with Crippen LogP contribution in [0.4, 0.5) is 0 Å². The van der Waals surface area contributed by atoms with Gasteiger partial charge in [-0.3, -0.25) is 0 Å². The molecule has 0 fully saturated rings. The van der Waals surface area contributed by atoms with Gasteiger partial charge in [0.1, 0.15) is 5.75 Å². The monoisotopic (exact) mass is 238 g/mol. The summed E-state index contributed by atoms with van der Waals surface area (Å²) in [5.41, 5.74) is 1.97. The zero-order valence-electron chi connectivity index (χ0n) is 10.2. The molecule has 2 nitrogen and oxygen atoms in total. The molecular formula is C16H14O2. The van der Waals surface area contributed by atoms with E-state index < -0.39 is 0 Å². The minimum atomic E-state index is 0.259. The van der Waals surface area contributed by atoms with E-state index in [9.17, 15) is 0 Å². The van der Waals surface area contributed by atoms with E-state index in [1.807, 2.05) is 54.6 Å². The first-order chi connectivity index (χ1) is 8.88. The van der Waals surface area contributed by atoms with E-state index in [0.29, 0.717) is 0 Å². The second-order valence-electron chi connectivity index (χ2n) is 3.69. The molecule has 2 heteroatoms. The summed E-state index contributed by atoms with van der Waals surface area (Å²) in [6.07, 6.45) is 0. The summed E-state index contributed by atoms with van der Waals surface area (Å²) >= 11 is 0. The molecular weight excluding hydrogens is 224 g/mol. The predicted octanol–water partition coefficient (Wildman–Crippen LogP) is 3.07. The van der Waals surface area contributed by atoms with Gasteiger partial charge in [0.15, 0.2) is 6.79 Å². The zero-order valence-corrected chi connectivity index (χ0v) is 10.2. The molecule has 0 N–H and O–H groups in total. The lowest BCUT2D eigenvalue weighted by atomic mass is 10.2. The number of ether oxygens (including phenoxy) is 2. The normalized spacial score (nSPS) is 9.39. The van der Waals surface area contributed by atoms with Crippen LogP contribution in [-0.4, -0.2) is 13.9 Å². The average Bonchev–Trinajstić information content (AvgIpc) is 2.45. The zero-order chi connectivity index (χ0) is 12.6. The van der Waals surface area contributed by atoms with Gasteiger partial charge in [0.25, 0.3) is 0 Å². The van der Waals surface area contributed by atoms with Crippen molar-refractivity contribution in [2.45, 2.75) is 0 Å². The smallest absolute Gasteiger partial charge is 0.188 e. The summed E-state index contributed by atoms with van der Waals surface area (Å²) in [7, 11) is 1.60. The van der Waals surface area contributed by atoms with E-state index in [-0.39, 0.29) is 6.79 Å². The molecule has 2 rings (SSSR count). The fraction of sp³-hybridized carbons (Fsp3) is 0.125. The molecule has 0 aromatic heterocycles. The number of methoxy groups -OCH3 is 1. The first-order valence-corrected chi connectivity index (χ1v) is 5.67. The molecule has 0 saturated heterocycles. The van der Waals surface area contributed by atoms with Crippen LogP contribution < -0.4 is 4.74 Å². The topological polar surface area (TPSA) is 18.5 Å². The van der Waals surface area contributed by atoms with Crippen LogP contribution >= 0.6 is 0 Å². The lowest BCUT2D eigenvalue weighted by molar-refractivity contribution is 0.0511. The summed E-state index contributed by atoms with van der Waals surface area (Å²) in [6.45, 7) is 0.259. The van der Waals surface area contributed by atoms with Crippen LogP contribution in [0.3, 0.4) is 0 Å². The van der Waals surface area contributed by atoms with Crippen LogP contribution in [0, 0.1) is 11.8 Å². The summed E-state index contributed by atoms with van der Waals surface area (Å²) in [5, 5.41) is 0. The van der Waals surface area contributed by atoms with Gasteiger partial charge < -0.3 is 9.47 Å². The van der Waals surface area contributed by atoms with Gasteiger partial charge in [0.05, 0.1) is 0 Å². The van der Waals surface area contributed by atoms with Gasteiger partial charge in [0, 0.05) is 18.2 Å². The van der Waals surface area contributed by atoms with Gasteiger partial charge in [-0.05, 0) is 36.4 Å². The SMILES string of the molecule is COCOc1ccc(C#Cc2ccccc2)cc1. The number of benzene rings is 2. The Bertz CT molecular complexity index is 533. The van der Waals surface area contributed by atoms with Crippen molar-refractivity contribution in [3.63, 3.8) is 0 Å². The molecule has 0 aliphatic carbocycles. The van der Waals surface area contributed by atoms with Gasteiger partial charge in [0.2, 0.25) is 0 Å². The van der Waals surface area contributed by atoms with Crippen molar-refractivity contribution in [2.24, 2.45) is 0 Å². The van der Waals surface area contributed by atoms with Crippen molar-refractivity contribution in [1.82, 2.24) is 0 Å². The lowest BCUT2D eigenvalue weighted by Gasteiger charge is -2.03.